The molecule has 0 bridgehead atoms. The maximum absolute atomic E-state index is 13.3. The highest BCUT2D eigenvalue weighted by atomic mass is 35.5. The van der Waals surface area contributed by atoms with Crippen molar-refractivity contribution in [3.8, 4) is 0 Å². The molecule has 0 spiro atoms. The highest BCUT2D eigenvalue weighted by molar-refractivity contribution is 7.89. The van der Waals surface area contributed by atoms with E-state index in [4.69, 9.17) is 34.8 Å². The minimum atomic E-state index is -3.86. The van der Waals surface area contributed by atoms with Gasteiger partial charge in [0.1, 0.15) is 0 Å². The number of rotatable bonds is 6. The van der Waals surface area contributed by atoms with E-state index < -0.39 is 15.9 Å². The van der Waals surface area contributed by atoms with E-state index in [-0.39, 0.29) is 17.5 Å². The van der Waals surface area contributed by atoms with Crippen molar-refractivity contribution in [3.63, 3.8) is 0 Å². The van der Waals surface area contributed by atoms with Gasteiger partial charge in [-0.15, -0.1) is 0 Å². The van der Waals surface area contributed by atoms with Gasteiger partial charge in [-0.25, -0.2) is 8.42 Å². The van der Waals surface area contributed by atoms with Crippen LogP contribution in [0.4, 0.5) is 5.69 Å². The van der Waals surface area contributed by atoms with Crippen LogP contribution in [0, 0.1) is 0 Å². The number of benzene rings is 2. The third kappa shape index (κ3) is 5.86. The average molecular weight is 476 g/mol. The first-order valence-corrected chi connectivity index (χ1v) is 11.9. The van der Waals surface area contributed by atoms with Crippen molar-refractivity contribution in [2.24, 2.45) is 0 Å². The van der Waals surface area contributed by atoms with Crippen molar-refractivity contribution in [3.05, 3.63) is 57.5 Å². The lowest BCUT2D eigenvalue weighted by Crippen LogP contribution is -2.45. The highest BCUT2D eigenvalue weighted by Crippen LogP contribution is 2.29. The summed E-state index contributed by atoms with van der Waals surface area (Å²) in [5, 5.41) is 3.90. The summed E-state index contributed by atoms with van der Waals surface area (Å²) in [5.41, 5.74) is 0.417. The van der Waals surface area contributed by atoms with Crippen molar-refractivity contribution < 1.29 is 13.2 Å². The van der Waals surface area contributed by atoms with Gasteiger partial charge in [-0.3, -0.25) is 4.79 Å². The Bertz CT molecular complexity index is 955. The maximum Gasteiger partial charge on any atom is 0.243 e. The maximum atomic E-state index is 13.3. The molecule has 0 radical (unpaired) electrons. The molecule has 9 heteroatoms. The standard InChI is InChI=1S/C20H21Cl3N2O3S/c21-14-6-8-19(9-7-14)29(27,28)25(18-4-2-1-3-5-18)13-20(26)24-17-11-15(22)10-16(23)12-17/h6-12,18H,1-5,13H2,(H,24,26). The Hall–Kier alpha value is -1.31. The van der Waals surface area contributed by atoms with Crippen molar-refractivity contribution in [2.45, 2.75) is 43.0 Å². The summed E-state index contributed by atoms with van der Waals surface area (Å²) in [6, 6.07) is 10.4. The molecule has 29 heavy (non-hydrogen) atoms. The molecule has 0 atom stereocenters. The van der Waals surface area contributed by atoms with E-state index in [9.17, 15) is 13.2 Å². The quantitative estimate of drug-likeness (QED) is 0.590. The minimum Gasteiger partial charge on any atom is -0.325 e. The fraction of sp³-hybridized carbons (Fsp3) is 0.350. The molecular formula is C20H21Cl3N2O3S. The molecule has 2 aromatic carbocycles. The Labute approximate surface area is 186 Å². The lowest BCUT2D eigenvalue weighted by atomic mass is 9.95. The van der Waals surface area contributed by atoms with Crippen molar-refractivity contribution in [1.29, 1.82) is 0 Å². The molecule has 1 saturated carbocycles. The Morgan fingerprint density at radius 1 is 0.931 bits per heavy atom. The molecule has 5 nitrogen and oxygen atoms in total. The monoisotopic (exact) mass is 474 g/mol. The van der Waals surface area contributed by atoms with Crippen LogP contribution in [0.2, 0.25) is 15.1 Å². The summed E-state index contributed by atoms with van der Waals surface area (Å²) in [5.74, 6) is -0.452. The molecule has 2 aromatic rings. The summed E-state index contributed by atoms with van der Waals surface area (Å²) in [6.07, 6.45) is 4.39. The molecule has 0 unspecified atom stereocenters. The van der Waals surface area contributed by atoms with E-state index in [0.29, 0.717) is 20.8 Å². The molecule has 1 fully saturated rings. The molecule has 0 saturated heterocycles. The molecule has 0 heterocycles. The first-order valence-electron chi connectivity index (χ1n) is 9.29. The average Bonchev–Trinajstić information content (AvgIpc) is 2.66. The van der Waals surface area contributed by atoms with E-state index in [2.05, 4.69) is 5.32 Å². The van der Waals surface area contributed by atoms with Gasteiger partial charge in [-0.1, -0.05) is 54.1 Å². The fourth-order valence-corrected chi connectivity index (χ4v) is 5.78. The summed E-state index contributed by atoms with van der Waals surface area (Å²) in [6.45, 7) is -0.292. The third-order valence-corrected chi connectivity index (χ3v) is 7.45. The number of nitrogens with one attached hydrogen (secondary N) is 1. The molecule has 0 aromatic heterocycles. The fourth-order valence-electron chi connectivity index (χ4n) is 3.49. The van der Waals surface area contributed by atoms with Gasteiger partial charge in [0, 0.05) is 26.8 Å². The van der Waals surface area contributed by atoms with Crippen molar-refractivity contribution in [1.82, 2.24) is 4.31 Å². The Balaban J connectivity index is 1.85. The summed E-state index contributed by atoms with van der Waals surface area (Å²) in [4.78, 5) is 12.8. The van der Waals surface area contributed by atoms with Gasteiger partial charge >= 0.3 is 0 Å². The number of hydrogen-bond donors (Lipinski definition) is 1. The van der Waals surface area contributed by atoms with Gasteiger partial charge in [0.15, 0.2) is 0 Å². The van der Waals surface area contributed by atoms with Crippen LogP contribution >= 0.6 is 34.8 Å². The van der Waals surface area contributed by atoms with Crippen molar-refractivity contribution >= 4 is 56.4 Å². The van der Waals surface area contributed by atoms with Crippen LogP contribution in [-0.4, -0.2) is 31.2 Å². The van der Waals surface area contributed by atoms with Crippen molar-refractivity contribution in [2.75, 3.05) is 11.9 Å². The zero-order chi connectivity index (χ0) is 21.0. The second kappa shape index (κ2) is 9.67. The van der Waals surface area contributed by atoms with Crippen LogP contribution in [0.5, 0.6) is 0 Å². The molecule has 1 amide bonds. The normalized spacial score (nSPS) is 15.4. The van der Waals surface area contributed by atoms with Crippen LogP contribution in [0.25, 0.3) is 0 Å². The van der Waals surface area contributed by atoms with E-state index in [0.717, 1.165) is 32.1 Å². The topological polar surface area (TPSA) is 66.5 Å². The molecule has 0 aliphatic heterocycles. The first kappa shape index (κ1) is 22.4. The van der Waals surface area contributed by atoms with Gasteiger partial charge in [-0.2, -0.15) is 4.31 Å². The first-order chi connectivity index (χ1) is 13.8. The van der Waals surface area contributed by atoms with E-state index in [1.54, 1.807) is 18.2 Å². The number of nitrogens with zero attached hydrogens (tertiary/aromatic N) is 1. The Kier molecular flexibility index (Phi) is 7.46. The van der Waals surface area contributed by atoms with Crippen LogP contribution in [0.15, 0.2) is 47.4 Å². The number of carbonyl (C=O) groups is 1. The number of carbonyl (C=O) groups excluding carboxylic acids is 1. The molecule has 1 N–H and O–H groups in total. The number of amides is 1. The number of hydrogen-bond acceptors (Lipinski definition) is 3. The third-order valence-electron chi connectivity index (χ3n) is 4.85. The van der Waals surface area contributed by atoms with Crippen LogP contribution in [-0.2, 0) is 14.8 Å². The van der Waals surface area contributed by atoms with Crippen LogP contribution < -0.4 is 5.32 Å². The number of halogens is 3. The molecular weight excluding hydrogens is 455 g/mol. The van der Waals surface area contributed by atoms with Gasteiger partial charge in [0.25, 0.3) is 0 Å². The Morgan fingerprint density at radius 2 is 1.52 bits per heavy atom. The summed E-state index contributed by atoms with van der Waals surface area (Å²) >= 11 is 17.8. The number of sulfonamides is 1. The molecule has 3 rings (SSSR count). The largest absolute Gasteiger partial charge is 0.325 e. The van der Waals surface area contributed by atoms with Crippen LogP contribution in [0.1, 0.15) is 32.1 Å². The predicted octanol–water partition coefficient (Wildman–Crippen LogP) is 5.61. The predicted molar refractivity (Wildman–Crippen MR) is 117 cm³/mol. The van der Waals surface area contributed by atoms with E-state index >= 15 is 0 Å². The summed E-state index contributed by atoms with van der Waals surface area (Å²) in [7, 11) is -3.86. The van der Waals surface area contributed by atoms with E-state index in [1.807, 2.05) is 0 Å². The molecule has 1 aliphatic rings. The second-order valence-corrected chi connectivity index (χ2v) is 10.2. The van der Waals surface area contributed by atoms with Gasteiger partial charge < -0.3 is 5.32 Å². The molecule has 1 aliphatic carbocycles. The van der Waals surface area contributed by atoms with Crippen LogP contribution in [0.3, 0.4) is 0 Å². The smallest absolute Gasteiger partial charge is 0.243 e. The Morgan fingerprint density at radius 3 is 2.10 bits per heavy atom. The van der Waals surface area contributed by atoms with Gasteiger partial charge in [-0.05, 0) is 55.3 Å². The second-order valence-electron chi connectivity index (χ2n) is 7.00. The number of anilines is 1. The summed E-state index contributed by atoms with van der Waals surface area (Å²) < 4.78 is 27.9. The molecule has 156 valence electrons. The highest BCUT2D eigenvalue weighted by Gasteiger charge is 2.34. The van der Waals surface area contributed by atoms with Gasteiger partial charge in [0.2, 0.25) is 15.9 Å². The van der Waals surface area contributed by atoms with E-state index in [1.165, 1.54) is 28.6 Å². The van der Waals surface area contributed by atoms with Gasteiger partial charge in [0.05, 0.1) is 11.4 Å². The SMILES string of the molecule is O=C(CN(C1CCCCC1)S(=O)(=O)c1ccc(Cl)cc1)Nc1cc(Cl)cc(Cl)c1. The zero-order valence-corrected chi connectivity index (χ0v) is 18.7. The lowest BCUT2D eigenvalue weighted by Gasteiger charge is -2.33. The zero-order valence-electron chi connectivity index (χ0n) is 15.6. The minimum absolute atomic E-state index is 0.117. The lowest BCUT2D eigenvalue weighted by molar-refractivity contribution is -0.116.